The fourth-order valence-corrected chi connectivity index (χ4v) is 2.68. The first kappa shape index (κ1) is 13.4. The van der Waals surface area contributed by atoms with Crippen LogP contribution in [0.3, 0.4) is 0 Å². The first-order valence-electron chi connectivity index (χ1n) is 6.98. The van der Waals surface area contributed by atoms with E-state index in [1.807, 2.05) is 24.3 Å². The summed E-state index contributed by atoms with van der Waals surface area (Å²) in [5.74, 6) is 0.906. The third kappa shape index (κ3) is 2.32. The zero-order valence-corrected chi connectivity index (χ0v) is 11.9. The number of hydrogen-bond acceptors (Lipinski definition) is 6. The molecule has 0 unspecified atom stereocenters. The Morgan fingerprint density at radius 3 is 2.78 bits per heavy atom. The highest BCUT2D eigenvalue weighted by Gasteiger charge is 2.24. The van der Waals surface area contributed by atoms with Gasteiger partial charge in [-0.25, -0.2) is 0 Å². The van der Waals surface area contributed by atoms with E-state index < -0.39 is 4.92 Å². The molecule has 1 aliphatic heterocycles. The number of rotatable bonds is 3. The van der Waals surface area contributed by atoms with Gasteiger partial charge < -0.3 is 9.47 Å². The first-order valence-corrected chi connectivity index (χ1v) is 6.98. The van der Waals surface area contributed by atoms with E-state index in [-0.39, 0.29) is 12.5 Å². The Bertz CT molecular complexity index is 921. The van der Waals surface area contributed by atoms with Crippen molar-refractivity contribution in [3.8, 4) is 11.5 Å². The predicted octanol–water partition coefficient (Wildman–Crippen LogP) is 2.86. The number of aromatic nitrogens is 2. The molecule has 0 N–H and O–H groups in total. The summed E-state index contributed by atoms with van der Waals surface area (Å²) in [6.45, 7) is 0.0734. The summed E-state index contributed by atoms with van der Waals surface area (Å²) in [6, 6.07) is 10.7. The Morgan fingerprint density at radius 2 is 1.96 bits per heavy atom. The standard InChI is InChI=1S/C16H11N3O4/c20-19(21)14-7-16-15(22-9-23-16)6-11(14)5-13-12-4-2-1-3-10(12)8-17-18-13/h1-4,6-8H,5,9H2. The molecule has 0 fully saturated rings. The fraction of sp³-hybridized carbons (Fsp3) is 0.125. The average molecular weight is 309 g/mol. The van der Waals surface area contributed by atoms with Crippen LogP contribution < -0.4 is 9.47 Å². The van der Waals surface area contributed by atoms with E-state index in [1.54, 1.807) is 12.3 Å². The number of fused-ring (bicyclic) bond motifs is 2. The zero-order valence-electron chi connectivity index (χ0n) is 11.9. The van der Waals surface area contributed by atoms with Gasteiger partial charge in [-0.3, -0.25) is 10.1 Å². The van der Waals surface area contributed by atoms with Crippen molar-refractivity contribution in [2.45, 2.75) is 6.42 Å². The summed E-state index contributed by atoms with van der Waals surface area (Å²) in [5, 5.41) is 21.4. The molecular formula is C16H11N3O4. The van der Waals surface area contributed by atoms with Gasteiger partial charge in [0.25, 0.3) is 5.69 Å². The van der Waals surface area contributed by atoms with Crippen LogP contribution in [-0.4, -0.2) is 21.9 Å². The lowest BCUT2D eigenvalue weighted by molar-refractivity contribution is -0.385. The number of nitro groups is 1. The van der Waals surface area contributed by atoms with Crippen molar-refractivity contribution in [1.82, 2.24) is 10.2 Å². The van der Waals surface area contributed by atoms with Gasteiger partial charge in [-0.05, 0) is 6.07 Å². The van der Waals surface area contributed by atoms with Crippen LogP contribution in [0.15, 0.2) is 42.6 Å². The van der Waals surface area contributed by atoms with E-state index in [1.165, 1.54) is 6.07 Å². The fourth-order valence-electron chi connectivity index (χ4n) is 2.68. The molecule has 7 heteroatoms. The third-order valence-electron chi connectivity index (χ3n) is 3.78. The summed E-state index contributed by atoms with van der Waals surface area (Å²) < 4.78 is 10.5. The Labute approximate surface area is 130 Å². The topological polar surface area (TPSA) is 87.4 Å². The molecule has 3 aromatic rings. The van der Waals surface area contributed by atoms with Crippen LogP contribution in [0.1, 0.15) is 11.3 Å². The molecule has 7 nitrogen and oxygen atoms in total. The first-order chi connectivity index (χ1) is 11.2. The highest BCUT2D eigenvalue weighted by atomic mass is 16.7. The van der Waals surface area contributed by atoms with Crippen molar-refractivity contribution in [3.05, 3.63) is 64.0 Å². The van der Waals surface area contributed by atoms with Crippen LogP contribution in [-0.2, 0) is 6.42 Å². The van der Waals surface area contributed by atoms with Crippen molar-refractivity contribution in [2.75, 3.05) is 6.79 Å². The third-order valence-corrected chi connectivity index (χ3v) is 3.78. The van der Waals surface area contributed by atoms with Crippen molar-refractivity contribution < 1.29 is 14.4 Å². The van der Waals surface area contributed by atoms with Crippen molar-refractivity contribution in [2.24, 2.45) is 0 Å². The number of nitrogens with zero attached hydrogens (tertiary/aromatic N) is 3. The lowest BCUT2D eigenvalue weighted by Gasteiger charge is -2.07. The average Bonchev–Trinajstić information content (AvgIpc) is 3.01. The molecular weight excluding hydrogens is 298 g/mol. The summed E-state index contributed by atoms with van der Waals surface area (Å²) in [6.07, 6.45) is 1.97. The lowest BCUT2D eigenvalue weighted by atomic mass is 10.0. The minimum Gasteiger partial charge on any atom is -0.454 e. The summed E-state index contributed by atoms with van der Waals surface area (Å²) >= 11 is 0. The van der Waals surface area contributed by atoms with Crippen molar-refractivity contribution in [3.63, 3.8) is 0 Å². The van der Waals surface area contributed by atoms with Crippen molar-refractivity contribution >= 4 is 16.5 Å². The second kappa shape index (κ2) is 5.20. The molecule has 1 aromatic heterocycles. The second-order valence-corrected chi connectivity index (χ2v) is 5.15. The molecule has 0 radical (unpaired) electrons. The number of ether oxygens (including phenoxy) is 2. The van der Waals surface area contributed by atoms with Gasteiger partial charge in [0.15, 0.2) is 11.5 Å². The van der Waals surface area contributed by atoms with Gasteiger partial charge in [-0.1, -0.05) is 24.3 Å². The minimum absolute atomic E-state index is 0.0102. The van der Waals surface area contributed by atoms with Crippen LogP contribution in [0.2, 0.25) is 0 Å². The normalized spacial score (nSPS) is 12.5. The predicted molar refractivity (Wildman–Crippen MR) is 81.6 cm³/mol. The molecule has 2 heterocycles. The van der Waals surface area contributed by atoms with Gasteiger partial charge >= 0.3 is 0 Å². The Hall–Kier alpha value is -3.22. The molecule has 23 heavy (non-hydrogen) atoms. The number of hydrogen-bond donors (Lipinski definition) is 0. The van der Waals surface area contributed by atoms with E-state index in [0.29, 0.717) is 29.2 Å². The maximum Gasteiger partial charge on any atom is 0.276 e. The van der Waals surface area contributed by atoms with Crippen molar-refractivity contribution in [1.29, 1.82) is 0 Å². The van der Waals surface area contributed by atoms with Gasteiger partial charge in [0, 0.05) is 22.8 Å². The molecule has 0 saturated heterocycles. The van der Waals surface area contributed by atoms with E-state index >= 15 is 0 Å². The molecule has 0 spiro atoms. The monoisotopic (exact) mass is 309 g/mol. The Kier molecular flexibility index (Phi) is 3.04. The van der Waals surface area contributed by atoms with Gasteiger partial charge in [0.05, 0.1) is 22.9 Å². The van der Waals surface area contributed by atoms with E-state index in [9.17, 15) is 10.1 Å². The minimum atomic E-state index is -0.421. The molecule has 0 amide bonds. The highest BCUT2D eigenvalue weighted by molar-refractivity contribution is 5.83. The molecule has 0 saturated carbocycles. The summed E-state index contributed by atoms with van der Waals surface area (Å²) in [4.78, 5) is 10.9. The SMILES string of the molecule is O=[N+]([O-])c1cc2c(cc1Cc1nncc3ccccc13)OCO2. The highest BCUT2D eigenvalue weighted by Crippen LogP contribution is 2.38. The smallest absolute Gasteiger partial charge is 0.276 e. The Morgan fingerprint density at radius 1 is 1.17 bits per heavy atom. The van der Waals surface area contributed by atoms with Gasteiger partial charge in [-0.15, -0.1) is 0 Å². The second-order valence-electron chi connectivity index (χ2n) is 5.15. The van der Waals surface area contributed by atoms with Crippen LogP contribution in [0.5, 0.6) is 11.5 Å². The number of nitro benzene ring substituents is 1. The van der Waals surface area contributed by atoms with E-state index in [0.717, 1.165) is 10.8 Å². The largest absolute Gasteiger partial charge is 0.454 e. The lowest BCUT2D eigenvalue weighted by Crippen LogP contribution is -2.00. The molecule has 4 rings (SSSR count). The molecule has 114 valence electrons. The molecule has 1 aliphatic rings. The molecule has 2 aromatic carbocycles. The quantitative estimate of drug-likeness (QED) is 0.546. The molecule has 0 aliphatic carbocycles. The van der Waals surface area contributed by atoms with Crippen LogP contribution in [0.25, 0.3) is 10.8 Å². The van der Waals surface area contributed by atoms with Crippen LogP contribution in [0, 0.1) is 10.1 Å². The molecule has 0 atom stereocenters. The van der Waals surface area contributed by atoms with Gasteiger partial charge in [0.2, 0.25) is 6.79 Å². The van der Waals surface area contributed by atoms with E-state index in [2.05, 4.69) is 10.2 Å². The maximum atomic E-state index is 11.3. The van der Waals surface area contributed by atoms with Gasteiger partial charge in [0.1, 0.15) is 0 Å². The Balaban J connectivity index is 1.83. The summed E-state index contributed by atoms with van der Waals surface area (Å²) in [5.41, 5.74) is 1.19. The molecule has 0 bridgehead atoms. The number of benzene rings is 2. The maximum absolute atomic E-state index is 11.3. The van der Waals surface area contributed by atoms with E-state index in [4.69, 9.17) is 9.47 Å². The zero-order chi connectivity index (χ0) is 15.8. The summed E-state index contributed by atoms with van der Waals surface area (Å²) in [7, 11) is 0. The van der Waals surface area contributed by atoms with Gasteiger partial charge in [-0.2, -0.15) is 10.2 Å². The van der Waals surface area contributed by atoms with Crippen LogP contribution in [0.4, 0.5) is 5.69 Å². The van der Waals surface area contributed by atoms with Crippen LogP contribution >= 0.6 is 0 Å².